The van der Waals surface area contributed by atoms with Gasteiger partial charge in [-0.3, -0.25) is 0 Å². The van der Waals surface area contributed by atoms with Gasteiger partial charge in [-0.05, 0) is 12.1 Å². The summed E-state index contributed by atoms with van der Waals surface area (Å²) >= 11 is 11.4. The van der Waals surface area contributed by atoms with Gasteiger partial charge in [0, 0.05) is 0 Å². The van der Waals surface area contributed by atoms with Crippen LogP contribution in [0.4, 0.5) is 0 Å². The summed E-state index contributed by atoms with van der Waals surface area (Å²) in [6.07, 6.45) is 0. The molecule has 0 aromatic carbocycles. The van der Waals surface area contributed by atoms with Crippen LogP contribution in [0.5, 0.6) is 0 Å². The molecular weight excluding hydrogens is 237 g/mol. The van der Waals surface area contributed by atoms with Crippen molar-refractivity contribution >= 4 is 34.2 Å². The first kappa shape index (κ1) is 10.4. The van der Waals surface area contributed by atoms with E-state index >= 15 is 0 Å². The Labute approximate surface area is 95.3 Å². The second-order valence-corrected chi connectivity index (χ2v) is 3.49. The summed E-state index contributed by atoms with van der Waals surface area (Å²) in [6, 6.07) is 3.45. The summed E-state index contributed by atoms with van der Waals surface area (Å²) in [4.78, 5) is 21.7. The number of hydrogen-bond acceptors (Lipinski definition) is 3. The molecule has 4 nitrogen and oxygen atoms in total. The second-order valence-electron chi connectivity index (χ2n) is 2.96. The number of halogens is 2. The van der Waals surface area contributed by atoms with Gasteiger partial charge in [0.05, 0.1) is 28.7 Å². The smallest absolute Gasteiger partial charge is 0.306 e. The van der Waals surface area contributed by atoms with Gasteiger partial charge in [-0.1, -0.05) is 0 Å². The zero-order chi connectivity index (χ0) is 10.8. The molecule has 0 aliphatic heterocycles. The first-order valence-corrected chi connectivity index (χ1v) is 5.32. The fraction of sp³-hybridized carbons (Fsp3) is 0.222. The second kappa shape index (κ2) is 4.16. The van der Waals surface area contributed by atoms with Gasteiger partial charge >= 0.3 is 5.69 Å². The molecule has 2 aromatic rings. The standard InChI is InChI=1S/C9H7Cl2N3O/c10-3-5-1-2-6-8(12-5)7(4-11)14-9(15)13-6/h1-2H,3-4H2,(H,13,14,15). The summed E-state index contributed by atoms with van der Waals surface area (Å²) in [7, 11) is 0. The van der Waals surface area contributed by atoms with Crippen LogP contribution in [0, 0.1) is 0 Å². The molecule has 78 valence electrons. The van der Waals surface area contributed by atoms with Gasteiger partial charge in [-0.2, -0.15) is 4.98 Å². The summed E-state index contributed by atoms with van der Waals surface area (Å²) in [5.41, 5.74) is 2.01. The van der Waals surface area contributed by atoms with Crippen molar-refractivity contribution in [3.05, 3.63) is 34.0 Å². The van der Waals surface area contributed by atoms with E-state index in [-0.39, 0.29) is 5.88 Å². The lowest BCUT2D eigenvalue weighted by atomic mass is 10.2. The van der Waals surface area contributed by atoms with Gasteiger partial charge < -0.3 is 4.98 Å². The van der Waals surface area contributed by atoms with Crippen LogP contribution in [-0.2, 0) is 11.8 Å². The number of hydrogen-bond donors (Lipinski definition) is 1. The van der Waals surface area contributed by atoms with E-state index in [4.69, 9.17) is 23.2 Å². The monoisotopic (exact) mass is 243 g/mol. The van der Waals surface area contributed by atoms with E-state index in [2.05, 4.69) is 15.0 Å². The molecule has 6 heteroatoms. The van der Waals surface area contributed by atoms with Crippen LogP contribution >= 0.6 is 23.2 Å². The topological polar surface area (TPSA) is 58.6 Å². The molecule has 0 unspecified atom stereocenters. The number of rotatable bonds is 2. The van der Waals surface area contributed by atoms with Crippen molar-refractivity contribution in [3.8, 4) is 0 Å². The highest BCUT2D eigenvalue weighted by atomic mass is 35.5. The molecule has 0 saturated carbocycles. The predicted octanol–water partition coefficient (Wildman–Crippen LogP) is 1.80. The van der Waals surface area contributed by atoms with Gasteiger partial charge in [0.2, 0.25) is 0 Å². The van der Waals surface area contributed by atoms with Crippen LogP contribution in [0.25, 0.3) is 11.0 Å². The fourth-order valence-electron chi connectivity index (χ4n) is 1.30. The molecule has 0 atom stereocenters. The van der Waals surface area contributed by atoms with E-state index in [0.717, 1.165) is 5.69 Å². The summed E-state index contributed by atoms with van der Waals surface area (Å²) < 4.78 is 0. The fourth-order valence-corrected chi connectivity index (χ4v) is 1.64. The minimum Gasteiger partial charge on any atom is -0.306 e. The molecular formula is C9H7Cl2N3O. The molecule has 0 radical (unpaired) electrons. The largest absolute Gasteiger partial charge is 0.345 e. The highest BCUT2D eigenvalue weighted by molar-refractivity contribution is 6.17. The van der Waals surface area contributed by atoms with Crippen molar-refractivity contribution in [1.29, 1.82) is 0 Å². The zero-order valence-corrected chi connectivity index (χ0v) is 9.14. The van der Waals surface area contributed by atoms with E-state index in [1.54, 1.807) is 12.1 Å². The first-order valence-electron chi connectivity index (χ1n) is 4.25. The number of nitrogens with one attached hydrogen (secondary N) is 1. The Bertz CT molecular complexity index is 553. The lowest BCUT2D eigenvalue weighted by molar-refractivity contribution is 1.03. The SMILES string of the molecule is O=c1nc2ccc(CCl)nc2c(CCl)[nH]1. The van der Waals surface area contributed by atoms with E-state index in [9.17, 15) is 4.79 Å². The van der Waals surface area contributed by atoms with Gasteiger partial charge in [0.15, 0.2) is 0 Å². The van der Waals surface area contributed by atoms with Gasteiger partial charge in [0.1, 0.15) is 5.52 Å². The Morgan fingerprint density at radius 3 is 2.67 bits per heavy atom. The molecule has 15 heavy (non-hydrogen) atoms. The molecule has 0 spiro atoms. The summed E-state index contributed by atoms with van der Waals surface area (Å²) in [5.74, 6) is 0.504. The molecule has 2 heterocycles. The van der Waals surface area contributed by atoms with E-state index in [1.807, 2.05) is 0 Å². The average molecular weight is 244 g/mol. The highest BCUT2D eigenvalue weighted by Gasteiger charge is 2.06. The zero-order valence-electron chi connectivity index (χ0n) is 7.63. The number of aromatic nitrogens is 3. The van der Waals surface area contributed by atoms with Crippen molar-refractivity contribution in [2.75, 3.05) is 0 Å². The van der Waals surface area contributed by atoms with E-state index in [0.29, 0.717) is 22.6 Å². The predicted molar refractivity (Wildman–Crippen MR) is 59.3 cm³/mol. The van der Waals surface area contributed by atoms with Crippen LogP contribution in [0.1, 0.15) is 11.4 Å². The Balaban J connectivity index is 2.79. The van der Waals surface area contributed by atoms with Crippen molar-refractivity contribution in [2.45, 2.75) is 11.8 Å². The number of H-pyrrole nitrogens is 1. The van der Waals surface area contributed by atoms with Gasteiger partial charge in [0.25, 0.3) is 0 Å². The highest BCUT2D eigenvalue weighted by Crippen LogP contribution is 2.14. The van der Waals surface area contributed by atoms with Crippen LogP contribution in [0.15, 0.2) is 16.9 Å². The minimum atomic E-state index is -0.418. The molecule has 1 N–H and O–H groups in total. The number of pyridine rings is 1. The van der Waals surface area contributed by atoms with Crippen molar-refractivity contribution in [1.82, 2.24) is 15.0 Å². The van der Waals surface area contributed by atoms with Crippen LogP contribution in [0.3, 0.4) is 0 Å². The Hall–Kier alpha value is -1.13. The average Bonchev–Trinajstić information content (AvgIpc) is 2.27. The Morgan fingerprint density at radius 1 is 1.20 bits per heavy atom. The maximum atomic E-state index is 11.1. The lowest BCUT2D eigenvalue weighted by Crippen LogP contribution is -2.13. The maximum absolute atomic E-state index is 11.1. The molecule has 2 rings (SSSR count). The third kappa shape index (κ3) is 1.96. The number of nitrogens with zero attached hydrogens (tertiary/aromatic N) is 2. The quantitative estimate of drug-likeness (QED) is 0.819. The number of aromatic amines is 1. The van der Waals surface area contributed by atoms with Crippen LogP contribution in [-0.4, -0.2) is 15.0 Å². The van der Waals surface area contributed by atoms with E-state index in [1.165, 1.54) is 0 Å². The molecule has 0 bridgehead atoms. The van der Waals surface area contributed by atoms with Gasteiger partial charge in [-0.15, -0.1) is 23.2 Å². The molecule has 0 aliphatic carbocycles. The van der Waals surface area contributed by atoms with Crippen molar-refractivity contribution < 1.29 is 0 Å². The number of alkyl halides is 2. The molecule has 0 saturated heterocycles. The third-order valence-corrected chi connectivity index (χ3v) is 2.51. The van der Waals surface area contributed by atoms with Crippen LogP contribution in [0.2, 0.25) is 0 Å². The Kier molecular flexibility index (Phi) is 2.88. The first-order chi connectivity index (χ1) is 7.24. The van der Waals surface area contributed by atoms with E-state index < -0.39 is 5.69 Å². The lowest BCUT2D eigenvalue weighted by Gasteiger charge is -2.02. The van der Waals surface area contributed by atoms with Crippen molar-refractivity contribution in [2.24, 2.45) is 0 Å². The minimum absolute atomic E-state index is 0.187. The Morgan fingerprint density at radius 2 is 2.00 bits per heavy atom. The molecule has 0 aliphatic rings. The summed E-state index contributed by atoms with van der Waals surface area (Å²) in [5, 5.41) is 0. The van der Waals surface area contributed by atoms with Crippen LogP contribution < -0.4 is 5.69 Å². The molecule has 0 amide bonds. The number of fused-ring (bicyclic) bond motifs is 1. The molecule has 2 aromatic heterocycles. The normalized spacial score (nSPS) is 10.8. The van der Waals surface area contributed by atoms with Gasteiger partial charge in [-0.25, -0.2) is 9.78 Å². The van der Waals surface area contributed by atoms with Crippen molar-refractivity contribution in [3.63, 3.8) is 0 Å². The molecule has 0 fully saturated rings. The third-order valence-electron chi connectivity index (χ3n) is 1.97. The summed E-state index contributed by atoms with van der Waals surface area (Å²) in [6.45, 7) is 0. The maximum Gasteiger partial charge on any atom is 0.345 e.